The lowest BCUT2D eigenvalue weighted by Gasteiger charge is -2.22. The first kappa shape index (κ1) is 41.0. The first-order valence-electron chi connectivity index (χ1n) is 19.5. The highest BCUT2D eigenvalue weighted by molar-refractivity contribution is 9.11. The van der Waals surface area contributed by atoms with Gasteiger partial charge in [0.1, 0.15) is 0 Å². The number of aromatic nitrogens is 3. The maximum absolute atomic E-state index is 14.5. The summed E-state index contributed by atoms with van der Waals surface area (Å²) >= 11 is 10.8. The second-order valence-corrected chi connectivity index (χ2v) is 17.7. The molecule has 0 bridgehead atoms. The summed E-state index contributed by atoms with van der Waals surface area (Å²) in [5.41, 5.74) is 6.30. The van der Waals surface area contributed by atoms with Crippen LogP contribution in [0.2, 0.25) is 0 Å². The minimum absolute atomic E-state index is 0.152. The number of hydrogen-bond donors (Lipinski definition) is 0. The monoisotopic (exact) mass is 1000 g/mol. The van der Waals surface area contributed by atoms with Crippen LogP contribution in [0, 0.1) is 6.92 Å². The lowest BCUT2D eigenvalue weighted by atomic mass is 10.0. The number of pyridine rings is 3. The molecule has 0 saturated heterocycles. The number of fused-ring (bicyclic) bond motifs is 6. The average Bonchev–Trinajstić information content (AvgIpc) is 3.29. The summed E-state index contributed by atoms with van der Waals surface area (Å²) in [6.07, 6.45) is 4.96. The third kappa shape index (κ3) is 7.52. The summed E-state index contributed by atoms with van der Waals surface area (Å²) in [6, 6.07) is 38.1. The largest absolute Gasteiger partial charge is 0.310 e. The Kier molecular flexibility index (Phi) is 10.9. The molecule has 0 atom stereocenters. The SMILES string of the molecule is Cc1cc(N(C)C(=O)c2cc(C(=O)N(C)c3cnc4c(ccc5c(Br)cccc54)c3)cc(C(=O)N(C)c3cnc4c(ccc5c(Br)cccc54)c3)c2)cnc1-c1cccc(Br)c1. The molecule has 6 aromatic carbocycles. The molecule has 9 nitrogen and oxygen atoms in total. The minimum Gasteiger partial charge on any atom is -0.310 e. The van der Waals surface area contributed by atoms with Crippen molar-refractivity contribution < 1.29 is 14.4 Å². The van der Waals surface area contributed by atoms with Gasteiger partial charge in [-0.2, -0.15) is 0 Å². The second-order valence-electron chi connectivity index (χ2n) is 15.1. The molecule has 0 unspecified atom stereocenters. The van der Waals surface area contributed by atoms with Gasteiger partial charge in [-0.25, -0.2) is 0 Å². The van der Waals surface area contributed by atoms with Crippen LogP contribution in [0.1, 0.15) is 36.6 Å². The number of rotatable bonds is 7. The summed E-state index contributed by atoms with van der Waals surface area (Å²) in [5, 5.41) is 5.74. The summed E-state index contributed by atoms with van der Waals surface area (Å²) in [5.74, 6) is -1.28. The molecule has 0 saturated carbocycles. The Morgan fingerprint density at radius 2 is 0.903 bits per heavy atom. The van der Waals surface area contributed by atoms with Crippen LogP contribution in [-0.2, 0) is 0 Å². The van der Waals surface area contributed by atoms with E-state index in [-0.39, 0.29) is 16.7 Å². The fourth-order valence-electron chi connectivity index (χ4n) is 7.80. The van der Waals surface area contributed by atoms with Crippen LogP contribution in [0.3, 0.4) is 0 Å². The van der Waals surface area contributed by atoms with Crippen LogP contribution >= 0.6 is 47.8 Å². The van der Waals surface area contributed by atoms with Gasteiger partial charge in [0.25, 0.3) is 17.7 Å². The summed E-state index contributed by atoms with van der Waals surface area (Å²) in [4.78, 5) is 62.2. The second kappa shape index (κ2) is 16.5. The Morgan fingerprint density at radius 3 is 1.35 bits per heavy atom. The van der Waals surface area contributed by atoms with Crippen molar-refractivity contribution in [1.82, 2.24) is 15.0 Å². The molecule has 0 radical (unpaired) electrons. The molecule has 0 aliphatic carbocycles. The predicted octanol–water partition coefficient (Wildman–Crippen LogP) is 12.6. The molecule has 9 aromatic rings. The number of benzene rings is 6. The predicted molar refractivity (Wildman–Crippen MR) is 261 cm³/mol. The fourth-order valence-corrected chi connectivity index (χ4v) is 9.19. The minimum atomic E-state index is -0.426. The van der Waals surface area contributed by atoms with E-state index >= 15 is 0 Å². The quantitative estimate of drug-likeness (QED) is 0.147. The molecular weight excluding hydrogens is 972 g/mol. The first-order valence-corrected chi connectivity index (χ1v) is 21.9. The zero-order valence-electron chi connectivity index (χ0n) is 33.8. The number of halogens is 3. The van der Waals surface area contributed by atoms with Crippen molar-refractivity contribution in [2.24, 2.45) is 0 Å². The van der Waals surface area contributed by atoms with Gasteiger partial charge in [-0.15, -0.1) is 0 Å². The molecule has 9 rings (SSSR count). The van der Waals surface area contributed by atoms with Crippen molar-refractivity contribution >= 4 is 126 Å². The van der Waals surface area contributed by atoms with E-state index in [4.69, 9.17) is 15.0 Å². The van der Waals surface area contributed by atoms with E-state index in [1.165, 1.54) is 32.9 Å². The zero-order chi connectivity index (χ0) is 43.4. The van der Waals surface area contributed by atoms with E-state index in [2.05, 4.69) is 47.8 Å². The van der Waals surface area contributed by atoms with Gasteiger partial charge in [0.2, 0.25) is 0 Å². The van der Waals surface area contributed by atoms with Gasteiger partial charge in [-0.05, 0) is 83.9 Å². The number of hydrogen-bond acceptors (Lipinski definition) is 6. The first-order chi connectivity index (χ1) is 29.9. The molecule has 3 amide bonds. The summed E-state index contributed by atoms with van der Waals surface area (Å²) in [6.45, 7) is 1.94. The van der Waals surface area contributed by atoms with Gasteiger partial charge in [0.15, 0.2) is 0 Å². The molecule has 0 aliphatic rings. The molecule has 3 aromatic heterocycles. The lowest BCUT2D eigenvalue weighted by Crippen LogP contribution is -2.31. The fraction of sp³-hybridized carbons (Fsp3) is 0.0800. The summed E-state index contributed by atoms with van der Waals surface area (Å²) in [7, 11) is 4.96. The lowest BCUT2D eigenvalue weighted by molar-refractivity contribution is 0.0992. The highest BCUT2D eigenvalue weighted by Crippen LogP contribution is 2.34. The van der Waals surface area contributed by atoms with E-state index in [0.29, 0.717) is 17.1 Å². The van der Waals surface area contributed by atoms with Gasteiger partial charge >= 0.3 is 0 Å². The van der Waals surface area contributed by atoms with Crippen molar-refractivity contribution in [2.75, 3.05) is 35.8 Å². The molecule has 304 valence electrons. The van der Waals surface area contributed by atoms with Crippen LogP contribution < -0.4 is 14.7 Å². The van der Waals surface area contributed by atoms with Gasteiger partial charge < -0.3 is 14.7 Å². The van der Waals surface area contributed by atoms with Crippen LogP contribution in [0.5, 0.6) is 0 Å². The Hall–Kier alpha value is -6.34. The third-order valence-electron chi connectivity index (χ3n) is 11.2. The Balaban J connectivity index is 1.08. The van der Waals surface area contributed by atoms with Crippen LogP contribution in [0.4, 0.5) is 17.1 Å². The number of nitrogens with zero attached hydrogens (tertiary/aromatic N) is 6. The van der Waals surface area contributed by atoms with E-state index in [1.807, 2.05) is 110 Å². The Morgan fingerprint density at radius 1 is 0.468 bits per heavy atom. The maximum atomic E-state index is 14.5. The van der Waals surface area contributed by atoms with Gasteiger partial charge in [0, 0.05) is 78.4 Å². The molecule has 0 N–H and O–H groups in total. The van der Waals surface area contributed by atoms with Crippen molar-refractivity contribution in [3.63, 3.8) is 0 Å². The standard InChI is InChI=1S/C50H35Br3N6O3/c1-28-18-36(25-54-45(28)29-8-5-9-35(51)22-29)57(2)48(60)32-19-33(49(61)58(3)37-23-30-14-16-39-41(46(30)55-26-37)10-6-12-43(39)52)21-34(20-32)50(62)59(4)38-24-31-15-17-40-42(47(31)56-27-38)11-7-13-44(40)53/h5-27H,1-4H3. The summed E-state index contributed by atoms with van der Waals surface area (Å²) < 4.78 is 2.87. The van der Waals surface area contributed by atoms with Gasteiger partial charge in [-0.3, -0.25) is 29.3 Å². The molecular formula is C50H35Br3N6O3. The van der Waals surface area contributed by atoms with E-state index in [9.17, 15) is 14.4 Å². The zero-order valence-corrected chi connectivity index (χ0v) is 38.6. The van der Waals surface area contributed by atoms with Gasteiger partial charge in [-0.1, -0.05) is 108 Å². The molecule has 0 spiro atoms. The Bertz CT molecular complexity index is 3180. The smallest absolute Gasteiger partial charge is 0.258 e. The van der Waals surface area contributed by atoms with Crippen molar-refractivity contribution in [3.05, 3.63) is 176 Å². The molecule has 12 heteroatoms. The van der Waals surface area contributed by atoms with Crippen molar-refractivity contribution in [3.8, 4) is 11.3 Å². The Labute approximate surface area is 382 Å². The average molecular weight is 1010 g/mol. The normalized spacial score (nSPS) is 11.3. The molecule has 62 heavy (non-hydrogen) atoms. The van der Waals surface area contributed by atoms with Crippen LogP contribution in [-0.4, -0.2) is 53.8 Å². The topological polar surface area (TPSA) is 99.6 Å². The number of amides is 3. The van der Waals surface area contributed by atoms with Crippen LogP contribution in [0.25, 0.3) is 54.6 Å². The number of carbonyl (C=O) groups is 3. The maximum Gasteiger partial charge on any atom is 0.258 e. The van der Waals surface area contributed by atoms with Crippen molar-refractivity contribution in [1.29, 1.82) is 0 Å². The third-order valence-corrected chi connectivity index (χ3v) is 13.1. The van der Waals surface area contributed by atoms with E-state index < -0.39 is 17.7 Å². The van der Waals surface area contributed by atoms with E-state index in [0.717, 1.165) is 73.6 Å². The molecule has 3 heterocycles. The highest BCUT2D eigenvalue weighted by atomic mass is 79.9. The van der Waals surface area contributed by atoms with Gasteiger partial charge in [0.05, 0.1) is 52.4 Å². The number of anilines is 3. The highest BCUT2D eigenvalue weighted by Gasteiger charge is 2.25. The molecule has 0 aliphatic heterocycles. The van der Waals surface area contributed by atoms with Crippen molar-refractivity contribution in [2.45, 2.75) is 6.92 Å². The van der Waals surface area contributed by atoms with Crippen LogP contribution in [0.15, 0.2) is 153 Å². The van der Waals surface area contributed by atoms with E-state index in [1.54, 1.807) is 39.7 Å². The molecule has 0 fully saturated rings. The number of carbonyl (C=O) groups excluding carboxylic acids is 3. The number of aryl methyl sites for hydroxylation is 1.